The second kappa shape index (κ2) is 13.1. The Morgan fingerprint density at radius 3 is 1.12 bits per heavy atom. The van der Waals surface area contributed by atoms with Gasteiger partial charge >= 0.3 is 91.3 Å². The third-order valence-electron chi connectivity index (χ3n) is 0.283. The van der Waals surface area contributed by atoms with Gasteiger partial charge in [0.1, 0.15) is 0 Å². The van der Waals surface area contributed by atoms with Crippen molar-refractivity contribution in [2.24, 2.45) is 0 Å². The van der Waals surface area contributed by atoms with Gasteiger partial charge in [-0.3, -0.25) is 9.11 Å². The van der Waals surface area contributed by atoms with Gasteiger partial charge < -0.3 is 0 Å². The molecule has 82 valence electrons. The van der Waals surface area contributed by atoms with Gasteiger partial charge in [0.05, 0.1) is 0 Å². The number of hydrogen-bond donors (Lipinski definition) is 2. The van der Waals surface area contributed by atoms with Crippen molar-refractivity contribution in [2.75, 3.05) is 0 Å². The van der Waals surface area contributed by atoms with E-state index in [1.165, 1.54) is 0 Å². The Kier molecular flexibility index (Phi) is 25.9. The van der Waals surface area contributed by atoms with Crippen molar-refractivity contribution in [1.82, 2.24) is 0 Å². The third-order valence-corrected chi connectivity index (χ3v) is 2.55. The van der Waals surface area contributed by atoms with Crippen molar-refractivity contribution < 1.29 is 76.4 Å². The van der Waals surface area contributed by atoms with Crippen molar-refractivity contribution in [3.05, 3.63) is 0 Å². The van der Waals surface area contributed by atoms with Crippen LogP contribution >= 0.6 is 0 Å². The van der Waals surface area contributed by atoms with Crippen LogP contribution in [0, 0.1) is 0 Å². The fraction of sp³-hybridized carbons (Fsp3) is 0. The Morgan fingerprint density at radius 1 is 0.812 bits per heavy atom. The van der Waals surface area contributed by atoms with E-state index < -0.39 is 32.2 Å². The standard InChI is InChI=1S/2Na.H2O9S3.2Zn.2H/c;;1-10(8-11(2,3)4)9-12(5,6)7;;;;/h;;(H,2,3,4)(H,5,6,7);;;;. The molecule has 0 aliphatic heterocycles. The number of hydrogen-bond acceptors (Lipinski definition) is 7. The molecule has 0 radical (unpaired) electrons. The normalized spacial score (nSPS) is 10.2. The first-order chi connectivity index (χ1) is 5.10. The van der Waals surface area contributed by atoms with Crippen LogP contribution in [0.3, 0.4) is 0 Å². The molecule has 0 aromatic carbocycles. The molecule has 0 atom stereocenters. The van der Waals surface area contributed by atoms with Gasteiger partial charge in [-0.15, -0.1) is 7.26 Å². The summed E-state index contributed by atoms with van der Waals surface area (Å²) in [6.45, 7) is 0. The summed E-state index contributed by atoms with van der Waals surface area (Å²) in [6.07, 6.45) is 0. The van der Waals surface area contributed by atoms with Crippen LogP contribution < -0.4 is 0 Å². The van der Waals surface area contributed by atoms with Gasteiger partial charge in [0.25, 0.3) is 0 Å². The van der Waals surface area contributed by atoms with Gasteiger partial charge in [-0.2, -0.15) is 21.0 Å². The van der Waals surface area contributed by atoms with E-state index in [1.807, 2.05) is 0 Å². The van der Waals surface area contributed by atoms with Crippen molar-refractivity contribution in [2.45, 2.75) is 0 Å². The summed E-state index contributed by atoms with van der Waals surface area (Å²) in [5.74, 6) is 0. The Morgan fingerprint density at radius 2 is 1.00 bits per heavy atom. The van der Waals surface area contributed by atoms with Gasteiger partial charge in [-0.1, -0.05) is 0 Å². The molecule has 9 nitrogen and oxygen atoms in total. The van der Waals surface area contributed by atoms with E-state index in [2.05, 4.69) is 7.26 Å². The van der Waals surface area contributed by atoms with Gasteiger partial charge in [0.15, 0.2) is 0 Å². The zero-order chi connectivity index (χ0) is 9.99. The molecule has 0 aliphatic rings. The van der Waals surface area contributed by atoms with E-state index in [1.54, 1.807) is 0 Å². The summed E-state index contributed by atoms with van der Waals surface area (Å²) in [4.78, 5) is 0. The first-order valence-corrected chi connectivity index (χ1v) is 5.60. The largest absolute Gasteiger partial charge is 0 e. The summed E-state index contributed by atoms with van der Waals surface area (Å²) in [6, 6.07) is 0. The first-order valence-electron chi connectivity index (χ1n) is 1.87. The van der Waals surface area contributed by atoms with Crippen LogP contribution in [0.4, 0.5) is 0 Å². The maximum Gasteiger partial charge on any atom is 0 e. The summed E-state index contributed by atoms with van der Waals surface area (Å²) < 4.78 is 70.6. The van der Waals surface area contributed by atoms with Crippen LogP contribution in [0.15, 0.2) is 0 Å². The molecule has 16 heavy (non-hydrogen) atoms. The predicted molar refractivity (Wildman–Crippen MR) is 47.7 cm³/mol. The van der Waals surface area contributed by atoms with Crippen LogP contribution in [0.5, 0.6) is 0 Å². The van der Waals surface area contributed by atoms with E-state index >= 15 is 0 Å². The van der Waals surface area contributed by atoms with Gasteiger partial charge in [-0.05, 0) is 0 Å². The van der Waals surface area contributed by atoms with Gasteiger partial charge in [-0.25, -0.2) is 0 Å². The molecular formula is H4Na2O9S3Zn2. The Hall–Kier alpha value is 3.14. The summed E-state index contributed by atoms with van der Waals surface area (Å²) in [5, 5.41) is 0. The van der Waals surface area contributed by atoms with Crippen LogP contribution in [-0.4, -0.2) is 89.3 Å². The molecule has 0 heterocycles. The van der Waals surface area contributed by atoms with Gasteiger partial charge in [0.2, 0.25) is 0 Å². The zero-order valence-corrected chi connectivity index (χ0v) is 14.8. The molecule has 0 fully saturated rings. The Labute approximate surface area is 165 Å². The zero-order valence-electron chi connectivity index (χ0n) is 6.39. The second-order valence-corrected chi connectivity index (χ2v) is 4.40. The van der Waals surface area contributed by atoms with E-state index in [0.717, 1.165) is 0 Å². The van der Waals surface area contributed by atoms with E-state index in [-0.39, 0.29) is 98.1 Å². The van der Waals surface area contributed by atoms with E-state index in [4.69, 9.17) is 9.11 Å². The maximum absolute atomic E-state index is 10.1. The smallest absolute Gasteiger partial charge is 0 e. The molecule has 0 unspecified atom stereocenters. The molecule has 0 saturated carbocycles. The quantitative estimate of drug-likeness (QED) is 0.356. The predicted octanol–water partition coefficient (Wildman–Crippen LogP) is -3.10. The second-order valence-electron chi connectivity index (χ2n) is 1.20. The van der Waals surface area contributed by atoms with Crippen LogP contribution in [0.2, 0.25) is 0 Å². The molecule has 2 N–H and O–H groups in total. The van der Waals surface area contributed by atoms with Gasteiger partial charge in [0, 0.05) is 39.0 Å². The average Bonchev–Trinajstić information content (AvgIpc) is 1.49. The van der Waals surface area contributed by atoms with E-state index in [0.29, 0.717) is 0 Å². The first kappa shape index (κ1) is 31.5. The third kappa shape index (κ3) is 25.9. The van der Waals surface area contributed by atoms with E-state index in [9.17, 15) is 21.0 Å². The number of rotatable bonds is 4. The fourth-order valence-corrected chi connectivity index (χ4v) is 1.57. The summed E-state index contributed by atoms with van der Waals surface area (Å²) >= 11 is -3.33. The summed E-state index contributed by atoms with van der Waals surface area (Å²) in [7, 11) is -10.2. The Bertz CT molecular complexity index is 334. The fourth-order valence-electron chi connectivity index (χ4n) is 0.152. The molecule has 16 heteroatoms. The van der Waals surface area contributed by atoms with Crippen molar-refractivity contribution in [3.63, 3.8) is 0 Å². The molecule has 0 aromatic rings. The van der Waals surface area contributed by atoms with Crippen molar-refractivity contribution >= 4 is 91.3 Å². The topological polar surface area (TPSA) is 144 Å². The molecule has 0 aliphatic carbocycles. The van der Waals surface area contributed by atoms with Crippen molar-refractivity contribution in [1.29, 1.82) is 0 Å². The van der Waals surface area contributed by atoms with Crippen LogP contribution in [-0.2, 0) is 78.4 Å². The Balaban J connectivity index is -0.000000101. The maximum atomic E-state index is 10.1. The van der Waals surface area contributed by atoms with Crippen LogP contribution in [0.25, 0.3) is 0 Å². The van der Waals surface area contributed by atoms with Crippen molar-refractivity contribution in [3.8, 4) is 0 Å². The minimum absolute atomic E-state index is 0. The minimum Gasteiger partial charge on any atom is 0 e. The monoisotopic (exact) mass is 418 g/mol. The summed E-state index contributed by atoms with van der Waals surface area (Å²) in [5.41, 5.74) is 0. The molecule has 0 spiro atoms. The molecule has 0 saturated heterocycles. The molecule has 0 aromatic heterocycles. The minimum atomic E-state index is -5.10. The average molecular weight is 421 g/mol. The molecular weight excluding hydrogens is 417 g/mol. The SMILES string of the molecule is O=S(OS(=O)(=O)O)OS(=O)(=O)O.[NaH].[NaH].[Zn].[Zn]. The molecule has 0 amide bonds. The van der Waals surface area contributed by atoms with Crippen LogP contribution in [0.1, 0.15) is 0 Å². The molecule has 0 rings (SSSR count). The molecule has 0 bridgehead atoms.